The van der Waals surface area contributed by atoms with Crippen molar-refractivity contribution >= 4 is 17.0 Å². The fraction of sp³-hybridized carbons (Fsp3) is 0.286. The topological polar surface area (TPSA) is 86.1 Å². The molecule has 8 nitrogen and oxygen atoms in total. The van der Waals surface area contributed by atoms with Gasteiger partial charge in [0.25, 0.3) is 5.91 Å². The molecule has 0 aliphatic rings. The average molecular weight is 490 g/mol. The Hall–Kier alpha value is -4.04. The molecule has 0 unspecified atom stereocenters. The molecule has 2 aromatic carbocycles. The van der Waals surface area contributed by atoms with Gasteiger partial charge in [-0.1, -0.05) is 12.1 Å². The van der Waals surface area contributed by atoms with Gasteiger partial charge in [0, 0.05) is 35.5 Å². The van der Waals surface area contributed by atoms with E-state index < -0.39 is 0 Å². The molecule has 0 saturated heterocycles. The number of nitrogens with zero attached hydrogens (tertiary/aromatic N) is 2. The Morgan fingerprint density at radius 2 is 1.72 bits per heavy atom. The van der Waals surface area contributed by atoms with Gasteiger partial charge in [-0.25, -0.2) is 0 Å². The Bertz CT molecular complexity index is 1340. The van der Waals surface area contributed by atoms with Gasteiger partial charge in [0.2, 0.25) is 5.75 Å². The molecule has 0 aliphatic heterocycles. The standard InChI is InChI=1S/C28H31N3O5/c1-31(2)13-7-11-30-28(32)19-9-6-8-18(14-19)21-10-12-29-22-17-23(36-26(21)22)20-15-24(33-3)27(35-5)25(16-20)34-4/h6,8-10,12,14-17H,7,11,13H2,1-5H3,(H,30,32). The van der Waals surface area contributed by atoms with Crippen molar-refractivity contribution in [2.45, 2.75) is 6.42 Å². The number of carbonyl (C=O) groups excluding carboxylic acids is 1. The largest absolute Gasteiger partial charge is 0.493 e. The first-order chi connectivity index (χ1) is 17.4. The van der Waals surface area contributed by atoms with Crippen LogP contribution in [0, 0.1) is 0 Å². The van der Waals surface area contributed by atoms with Crippen LogP contribution in [-0.2, 0) is 0 Å². The van der Waals surface area contributed by atoms with E-state index in [1.807, 2.05) is 62.6 Å². The van der Waals surface area contributed by atoms with Gasteiger partial charge < -0.3 is 28.8 Å². The lowest BCUT2D eigenvalue weighted by Crippen LogP contribution is -2.27. The van der Waals surface area contributed by atoms with Crippen molar-refractivity contribution in [3.63, 3.8) is 0 Å². The van der Waals surface area contributed by atoms with Crippen molar-refractivity contribution in [2.24, 2.45) is 0 Å². The highest BCUT2D eigenvalue weighted by molar-refractivity contribution is 5.98. The maximum atomic E-state index is 12.7. The number of aromatic nitrogens is 1. The number of ether oxygens (including phenoxy) is 3. The molecule has 1 amide bonds. The number of fused-ring (bicyclic) bond motifs is 1. The number of rotatable bonds is 10. The van der Waals surface area contributed by atoms with E-state index in [4.69, 9.17) is 18.6 Å². The maximum Gasteiger partial charge on any atom is 0.251 e. The summed E-state index contributed by atoms with van der Waals surface area (Å²) in [5.41, 5.74) is 4.41. The molecular formula is C28H31N3O5. The van der Waals surface area contributed by atoms with Crippen molar-refractivity contribution in [3.05, 3.63) is 60.3 Å². The number of methoxy groups -OCH3 is 3. The van der Waals surface area contributed by atoms with Crippen LogP contribution >= 0.6 is 0 Å². The lowest BCUT2D eigenvalue weighted by molar-refractivity contribution is 0.0952. The summed E-state index contributed by atoms with van der Waals surface area (Å²) in [7, 11) is 8.75. The van der Waals surface area contributed by atoms with Crippen molar-refractivity contribution in [1.29, 1.82) is 0 Å². The fourth-order valence-electron chi connectivity index (χ4n) is 4.06. The van der Waals surface area contributed by atoms with Gasteiger partial charge in [0.1, 0.15) is 11.3 Å². The first kappa shape index (κ1) is 25.1. The summed E-state index contributed by atoms with van der Waals surface area (Å²) in [6.45, 7) is 1.54. The highest BCUT2D eigenvalue weighted by Crippen LogP contribution is 2.42. The first-order valence-corrected chi connectivity index (χ1v) is 11.7. The summed E-state index contributed by atoms with van der Waals surface area (Å²) in [4.78, 5) is 19.3. The molecule has 1 N–H and O–H groups in total. The lowest BCUT2D eigenvalue weighted by atomic mass is 10.0. The van der Waals surface area contributed by atoms with Crippen LogP contribution in [0.25, 0.3) is 33.6 Å². The Labute approximate surface area is 210 Å². The molecule has 0 bridgehead atoms. The van der Waals surface area contributed by atoms with Crippen LogP contribution in [-0.4, -0.2) is 64.3 Å². The molecular weight excluding hydrogens is 458 g/mol. The smallest absolute Gasteiger partial charge is 0.251 e. The van der Waals surface area contributed by atoms with E-state index in [9.17, 15) is 4.79 Å². The Kier molecular flexibility index (Phi) is 7.75. The number of benzene rings is 2. The normalized spacial score (nSPS) is 11.1. The van der Waals surface area contributed by atoms with E-state index in [1.54, 1.807) is 27.5 Å². The van der Waals surface area contributed by atoms with Crippen molar-refractivity contribution in [3.8, 4) is 39.7 Å². The first-order valence-electron chi connectivity index (χ1n) is 11.7. The number of hydrogen-bond acceptors (Lipinski definition) is 7. The van der Waals surface area contributed by atoms with Gasteiger partial charge >= 0.3 is 0 Å². The van der Waals surface area contributed by atoms with E-state index in [0.29, 0.717) is 46.2 Å². The second-order valence-corrected chi connectivity index (χ2v) is 8.59. The fourth-order valence-corrected chi connectivity index (χ4v) is 4.06. The quantitative estimate of drug-likeness (QED) is 0.318. The molecule has 4 aromatic rings. The van der Waals surface area contributed by atoms with Gasteiger partial charge in [-0.15, -0.1) is 0 Å². The molecule has 0 atom stereocenters. The van der Waals surface area contributed by atoms with Crippen LogP contribution in [0.1, 0.15) is 16.8 Å². The molecule has 188 valence electrons. The molecule has 2 aromatic heterocycles. The van der Waals surface area contributed by atoms with E-state index in [2.05, 4.69) is 15.2 Å². The van der Waals surface area contributed by atoms with Crippen molar-refractivity contribution in [2.75, 3.05) is 48.5 Å². The zero-order chi connectivity index (χ0) is 25.7. The molecule has 2 heterocycles. The number of furan rings is 1. The molecule has 0 spiro atoms. The molecule has 0 aliphatic carbocycles. The van der Waals surface area contributed by atoms with Crippen LogP contribution in [0.3, 0.4) is 0 Å². The monoisotopic (exact) mass is 489 g/mol. The third kappa shape index (κ3) is 5.28. The second-order valence-electron chi connectivity index (χ2n) is 8.59. The minimum absolute atomic E-state index is 0.0986. The average Bonchev–Trinajstić information content (AvgIpc) is 3.34. The molecule has 0 radical (unpaired) electrons. The van der Waals surface area contributed by atoms with Crippen molar-refractivity contribution in [1.82, 2.24) is 15.2 Å². The zero-order valence-electron chi connectivity index (χ0n) is 21.3. The van der Waals surface area contributed by atoms with E-state index in [-0.39, 0.29) is 5.91 Å². The molecule has 0 saturated carbocycles. The molecule has 36 heavy (non-hydrogen) atoms. The minimum atomic E-state index is -0.0986. The maximum absolute atomic E-state index is 12.7. The van der Waals surface area contributed by atoms with Crippen molar-refractivity contribution < 1.29 is 23.4 Å². The molecule has 8 heteroatoms. The third-order valence-corrected chi connectivity index (χ3v) is 5.86. The van der Waals surface area contributed by atoms with Gasteiger partial charge in [-0.2, -0.15) is 0 Å². The second kappa shape index (κ2) is 11.1. The lowest BCUT2D eigenvalue weighted by Gasteiger charge is -2.13. The van der Waals surface area contributed by atoms with Crippen LogP contribution in [0.15, 0.2) is 59.1 Å². The summed E-state index contributed by atoms with van der Waals surface area (Å²) in [6.07, 6.45) is 2.62. The Morgan fingerprint density at radius 3 is 2.39 bits per heavy atom. The number of nitrogens with one attached hydrogen (secondary N) is 1. The minimum Gasteiger partial charge on any atom is -0.493 e. The van der Waals surface area contributed by atoms with Gasteiger partial charge in [-0.05, 0) is 63.0 Å². The van der Waals surface area contributed by atoms with E-state index >= 15 is 0 Å². The van der Waals surface area contributed by atoms with Crippen LogP contribution in [0.2, 0.25) is 0 Å². The predicted octanol–water partition coefficient (Wildman–Crippen LogP) is 4.87. The number of amides is 1. The summed E-state index contributed by atoms with van der Waals surface area (Å²) >= 11 is 0. The Balaban J connectivity index is 1.67. The summed E-state index contributed by atoms with van der Waals surface area (Å²) in [5, 5.41) is 2.99. The Morgan fingerprint density at radius 1 is 0.972 bits per heavy atom. The van der Waals surface area contributed by atoms with Gasteiger partial charge in [-0.3, -0.25) is 9.78 Å². The predicted molar refractivity (Wildman–Crippen MR) is 140 cm³/mol. The van der Waals surface area contributed by atoms with Gasteiger partial charge in [0.05, 0.1) is 21.3 Å². The zero-order valence-corrected chi connectivity index (χ0v) is 21.3. The highest BCUT2D eigenvalue weighted by atomic mass is 16.5. The molecule has 0 fully saturated rings. The number of hydrogen-bond donors (Lipinski definition) is 1. The summed E-state index contributed by atoms with van der Waals surface area (Å²) in [5.74, 6) is 2.09. The van der Waals surface area contributed by atoms with Crippen LogP contribution in [0.4, 0.5) is 0 Å². The summed E-state index contributed by atoms with van der Waals surface area (Å²) in [6, 6.07) is 14.9. The summed E-state index contributed by atoms with van der Waals surface area (Å²) < 4.78 is 22.7. The SMILES string of the molecule is COc1cc(-c2cc3nccc(-c4cccc(C(=O)NCCCN(C)C)c4)c3o2)cc(OC)c1OC. The van der Waals surface area contributed by atoms with Crippen LogP contribution < -0.4 is 19.5 Å². The molecule has 4 rings (SSSR count). The van der Waals surface area contributed by atoms with E-state index in [0.717, 1.165) is 29.7 Å². The third-order valence-electron chi connectivity index (χ3n) is 5.86. The highest BCUT2D eigenvalue weighted by Gasteiger charge is 2.18. The number of pyridine rings is 1. The van der Waals surface area contributed by atoms with Gasteiger partial charge in [0.15, 0.2) is 17.1 Å². The number of carbonyl (C=O) groups is 1. The van der Waals surface area contributed by atoms with Crippen LogP contribution in [0.5, 0.6) is 17.2 Å². The van der Waals surface area contributed by atoms with E-state index in [1.165, 1.54) is 0 Å².